The zero-order chi connectivity index (χ0) is 24.8. The lowest BCUT2D eigenvalue weighted by atomic mass is 9.91. The summed E-state index contributed by atoms with van der Waals surface area (Å²) in [6.45, 7) is 1.12. The smallest absolute Gasteiger partial charge is 0.255 e. The first-order chi connectivity index (χ1) is 17.5. The van der Waals surface area contributed by atoms with E-state index in [0.717, 1.165) is 28.9 Å². The predicted molar refractivity (Wildman–Crippen MR) is 133 cm³/mol. The molecule has 3 amide bonds. The average Bonchev–Trinajstić information content (AvgIpc) is 3.44. The van der Waals surface area contributed by atoms with Gasteiger partial charge in [-0.25, -0.2) is 0 Å². The van der Waals surface area contributed by atoms with Crippen molar-refractivity contribution < 1.29 is 14.4 Å². The highest BCUT2D eigenvalue weighted by molar-refractivity contribution is 6.05. The molecule has 3 unspecified atom stereocenters. The summed E-state index contributed by atoms with van der Waals surface area (Å²) in [6, 6.07) is 18.2. The predicted octanol–water partition coefficient (Wildman–Crippen LogP) is 2.78. The maximum absolute atomic E-state index is 13.1. The standard InChI is InChI=1S/C28H27N5O3/c1-32-16-30-25(26(32)18-6-4-17(5-7-18)20-3-2-12-29-14-20)19-8-9-22-21(13-19)15-33(28(22)36)23-10-11-24(34)31-27(23)35/h2-9,12-14,23,25-26,30H,10-11,15-16H2,1H3,(H,31,34,35). The number of carbonyl (C=O) groups is 3. The first-order valence-electron chi connectivity index (χ1n) is 12.2. The van der Waals surface area contributed by atoms with E-state index >= 15 is 0 Å². The summed E-state index contributed by atoms with van der Waals surface area (Å²) in [7, 11) is 2.11. The van der Waals surface area contributed by atoms with Crippen LogP contribution in [0.3, 0.4) is 0 Å². The fourth-order valence-electron chi connectivity index (χ4n) is 5.65. The Hall–Kier alpha value is -3.88. The molecular formula is C28H27N5O3. The number of likely N-dealkylation sites (N-methyl/N-ethyl adjacent to an activating group) is 1. The van der Waals surface area contributed by atoms with Gasteiger partial charge in [-0.3, -0.25) is 34.9 Å². The normalized spacial score (nSPS) is 24.2. The molecule has 182 valence electrons. The number of hydrogen-bond donors (Lipinski definition) is 2. The molecule has 3 aromatic rings. The van der Waals surface area contributed by atoms with E-state index in [1.165, 1.54) is 5.56 Å². The highest BCUT2D eigenvalue weighted by atomic mass is 16.2. The van der Waals surface area contributed by atoms with Gasteiger partial charge in [0, 0.05) is 37.6 Å². The number of fused-ring (bicyclic) bond motifs is 1. The van der Waals surface area contributed by atoms with Crippen LogP contribution in [-0.4, -0.2) is 52.3 Å². The van der Waals surface area contributed by atoms with Gasteiger partial charge in [-0.05, 0) is 53.4 Å². The van der Waals surface area contributed by atoms with Gasteiger partial charge in [0.05, 0.1) is 12.1 Å². The quantitative estimate of drug-likeness (QED) is 0.557. The molecule has 0 spiro atoms. The van der Waals surface area contributed by atoms with Crippen LogP contribution in [0.4, 0.5) is 0 Å². The Bertz CT molecular complexity index is 1340. The van der Waals surface area contributed by atoms with Crippen molar-refractivity contribution in [3.05, 3.63) is 89.2 Å². The monoisotopic (exact) mass is 481 g/mol. The third-order valence-corrected chi connectivity index (χ3v) is 7.50. The first kappa shape index (κ1) is 22.6. The van der Waals surface area contributed by atoms with Crippen LogP contribution in [0, 0.1) is 0 Å². The largest absolute Gasteiger partial charge is 0.322 e. The van der Waals surface area contributed by atoms with Gasteiger partial charge in [-0.15, -0.1) is 0 Å². The molecule has 0 saturated carbocycles. The van der Waals surface area contributed by atoms with Gasteiger partial charge >= 0.3 is 0 Å². The molecule has 2 N–H and O–H groups in total. The van der Waals surface area contributed by atoms with E-state index in [0.29, 0.717) is 18.5 Å². The lowest BCUT2D eigenvalue weighted by Gasteiger charge is -2.29. The topological polar surface area (TPSA) is 94.6 Å². The van der Waals surface area contributed by atoms with E-state index in [1.54, 1.807) is 11.1 Å². The summed E-state index contributed by atoms with van der Waals surface area (Å²) in [6.07, 6.45) is 4.26. The van der Waals surface area contributed by atoms with Gasteiger partial charge in [-0.1, -0.05) is 42.5 Å². The summed E-state index contributed by atoms with van der Waals surface area (Å²) < 4.78 is 0. The molecule has 0 bridgehead atoms. The van der Waals surface area contributed by atoms with Crippen LogP contribution in [0.25, 0.3) is 11.1 Å². The number of pyridine rings is 1. The molecule has 2 saturated heterocycles. The van der Waals surface area contributed by atoms with E-state index in [2.05, 4.69) is 64.0 Å². The van der Waals surface area contributed by atoms with Gasteiger partial charge in [0.1, 0.15) is 6.04 Å². The van der Waals surface area contributed by atoms with E-state index in [-0.39, 0.29) is 36.2 Å². The second-order valence-corrected chi connectivity index (χ2v) is 9.72. The molecule has 3 aliphatic heterocycles. The SMILES string of the molecule is CN1CNC(c2ccc3c(c2)CN(C2CCC(=O)NC2=O)C3=O)C1c1ccc(-c2cccnc2)cc1. The van der Waals surface area contributed by atoms with Crippen LogP contribution in [-0.2, 0) is 16.1 Å². The Morgan fingerprint density at radius 2 is 1.78 bits per heavy atom. The number of rotatable bonds is 4. The minimum absolute atomic E-state index is 0.0595. The molecule has 36 heavy (non-hydrogen) atoms. The van der Waals surface area contributed by atoms with Gasteiger partial charge in [0.25, 0.3) is 5.91 Å². The van der Waals surface area contributed by atoms with Gasteiger partial charge < -0.3 is 4.90 Å². The fourth-order valence-corrected chi connectivity index (χ4v) is 5.65. The number of piperidine rings is 1. The Labute approximate surface area is 209 Å². The van der Waals surface area contributed by atoms with Crippen LogP contribution in [0.2, 0.25) is 0 Å². The fraction of sp³-hybridized carbons (Fsp3) is 0.286. The summed E-state index contributed by atoms with van der Waals surface area (Å²) in [5.41, 5.74) is 6.08. The van der Waals surface area contributed by atoms with Crippen molar-refractivity contribution in [2.45, 2.75) is 37.5 Å². The maximum Gasteiger partial charge on any atom is 0.255 e. The van der Waals surface area contributed by atoms with E-state index in [1.807, 2.05) is 24.4 Å². The zero-order valence-corrected chi connectivity index (χ0v) is 20.0. The van der Waals surface area contributed by atoms with E-state index in [9.17, 15) is 14.4 Å². The second kappa shape index (κ2) is 8.96. The number of nitrogens with one attached hydrogen (secondary N) is 2. The summed E-state index contributed by atoms with van der Waals surface area (Å²) in [4.78, 5) is 45.1. The lowest BCUT2D eigenvalue weighted by Crippen LogP contribution is -2.52. The Morgan fingerprint density at radius 1 is 0.972 bits per heavy atom. The van der Waals surface area contributed by atoms with Gasteiger partial charge in [0.15, 0.2) is 0 Å². The number of hydrogen-bond acceptors (Lipinski definition) is 6. The Balaban J connectivity index is 1.25. The minimum atomic E-state index is -0.604. The Morgan fingerprint density at radius 3 is 2.53 bits per heavy atom. The van der Waals surface area contributed by atoms with Crippen LogP contribution >= 0.6 is 0 Å². The molecular weight excluding hydrogens is 454 g/mol. The van der Waals surface area contributed by atoms with Crippen molar-refractivity contribution in [2.24, 2.45) is 0 Å². The van der Waals surface area contributed by atoms with Crippen molar-refractivity contribution in [2.75, 3.05) is 13.7 Å². The van der Waals surface area contributed by atoms with Gasteiger partial charge in [0.2, 0.25) is 11.8 Å². The molecule has 1 aromatic heterocycles. The van der Waals surface area contributed by atoms with Crippen LogP contribution in [0.1, 0.15) is 52.0 Å². The molecule has 8 nitrogen and oxygen atoms in total. The maximum atomic E-state index is 13.1. The van der Waals surface area contributed by atoms with Crippen molar-refractivity contribution in [3.63, 3.8) is 0 Å². The number of imide groups is 1. The number of amides is 3. The number of benzene rings is 2. The van der Waals surface area contributed by atoms with Crippen LogP contribution in [0.5, 0.6) is 0 Å². The minimum Gasteiger partial charge on any atom is -0.322 e. The second-order valence-electron chi connectivity index (χ2n) is 9.72. The molecule has 8 heteroatoms. The van der Waals surface area contributed by atoms with E-state index < -0.39 is 6.04 Å². The first-order valence-corrected chi connectivity index (χ1v) is 12.2. The van der Waals surface area contributed by atoms with Crippen molar-refractivity contribution in [3.8, 4) is 11.1 Å². The van der Waals surface area contributed by atoms with Crippen LogP contribution < -0.4 is 10.6 Å². The average molecular weight is 482 g/mol. The summed E-state index contributed by atoms with van der Waals surface area (Å²) in [5, 5.41) is 5.98. The summed E-state index contributed by atoms with van der Waals surface area (Å²) >= 11 is 0. The van der Waals surface area contributed by atoms with Crippen molar-refractivity contribution in [1.82, 2.24) is 25.4 Å². The number of carbonyl (C=O) groups excluding carboxylic acids is 3. The molecule has 4 heterocycles. The van der Waals surface area contributed by atoms with Gasteiger partial charge in [-0.2, -0.15) is 0 Å². The Kier molecular flexibility index (Phi) is 5.62. The number of aromatic nitrogens is 1. The van der Waals surface area contributed by atoms with Crippen LogP contribution in [0.15, 0.2) is 67.0 Å². The molecule has 0 aliphatic carbocycles. The third kappa shape index (κ3) is 3.88. The third-order valence-electron chi connectivity index (χ3n) is 7.50. The molecule has 2 fully saturated rings. The zero-order valence-electron chi connectivity index (χ0n) is 20.0. The highest BCUT2D eigenvalue weighted by Gasteiger charge is 2.40. The number of nitrogens with zero attached hydrogens (tertiary/aromatic N) is 3. The molecule has 0 radical (unpaired) electrons. The molecule has 3 aliphatic rings. The lowest BCUT2D eigenvalue weighted by molar-refractivity contribution is -0.136. The van der Waals surface area contributed by atoms with Crippen molar-refractivity contribution >= 4 is 17.7 Å². The van der Waals surface area contributed by atoms with Crippen molar-refractivity contribution in [1.29, 1.82) is 0 Å². The summed E-state index contributed by atoms with van der Waals surface area (Å²) in [5.74, 6) is -0.815. The highest BCUT2D eigenvalue weighted by Crippen LogP contribution is 2.39. The molecule has 3 atom stereocenters. The van der Waals surface area contributed by atoms with E-state index in [4.69, 9.17) is 0 Å². The molecule has 2 aromatic carbocycles. The molecule has 6 rings (SSSR count).